The summed E-state index contributed by atoms with van der Waals surface area (Å²) in [4.78, 5) is 0. The molecule has 4 heteroatoms. The minimum atomic E-state index is 0.219. The number of hydrazine groups is 1. The Morgan fingerprint density at radius 3 is 2.85 bits per heavy atom. The summed E-state index contributed by atoms with van der Waals surface area (Å²) in [7, 11) is 0. The molecule has 1 aliphatic heterocycles. The number of para-hydroxylation sites is 2. The van der Waals surface area contributed by atoms with Gasteiger partial charge in [-0.1, -0.05) is 12.1 Å². The van der Waals surface area contributed by atoms with Crippen molar-refractivity contribution in [3.8, 4) is 5.75 Å². The van der Waals surface area contributed by atoms with E-state index >= 15 is 0 Å². The third-order valence-electron chi connectivity index (χ3n) is 1.70. The van der Waals surface area contributed by atoms with E-state index in [9.17, 15) is 5.11 Å². The van der Waals surface area contributed by atoms with E-state index in [1.807, 2.05) is 6.07 Å². The van der Waals surface area contributed by atoms with E-state index in [1.54, 1.807) is 41.7 Å². The maximum Gasteiger partial charge on any atom is 0.141 e. The Labute approximate surface area is 75.8 Å². The van der Waals surface area contributed by atoms with E-state index in [-0.39, 0.29) is 5.75 Å². The number of hydrazone groups is 1. The zero-order valence-corrected chi connectivity index (χ0v) is 6.88. The first-order chi connectivity index (χ1) is 6.38. The molecule has 0 atom stereocenters. The van der Waals surface area contributed by atoms with Crippen LogP contribution < -0.4 is 10.5 Å². The number of nitrogens with zero attached hydrogens (tertiary/aromatic N) is 2. The van der Waals surface area contributed by atoms with Gasteiger partial charge in [-0.05, 0) is 18.2 Å². The number of phenols is 1. The van der Waals surface area contributed by atoms with Gasteiger partial charge in [0.05, 0.1) is 6.21 Å². The number of anilines is 1. The van der Waals surface area contributed by atoms with Crippen LogP contribution in [0, 0.1) is 0 Å². The monoisotopic (exact) mass is 175 g/mol. The minimum absolute atomic E-state index is 0.219. The predicted molar refractivity (Wildman–Crippen MR) is 51.4 cm³/mol. The zero-order valence-electron chi connectivity index (χ0n) is 6.88. The third-order valence-corrected chi connectivity index (χ3v) is 1.70. The van der Waals surface area contributed by atoms with Crippen LogP contribution in [0.2, 0.25) is 0 Å². The average Bonchev–Trinajstić information content (AvgIpc) is 2.20. The van der Waals surface area contributed by atoms with E-state index in [0.29, 0.717) is 5.69 Å². The Morgan fingerprint density at radius 2 is 2.15 bits per heavy atom. The van der Waals surface area contributed by atoms with Gasteiger partial charge in [-0.3, -0.25) is 0 Å². The first-order valence-electron chi connectivity index (χ1n) is 3.90. The van der Waals surface area contributed by atoms with Gasteiger partial charge in [0.15, 0.2) is 0 Å². The van der Waals surface area contributed by atoms with Crippen molar-refractivity contribution in [2.75, 3.05) is 5.01 Å². The number of aromatic hydroxyl groups is 1. The molecule has 66 valence electrons. The molecule has 0 aliphatic carbocycles. The Hall–Kier alpha value is -1.97. The van der Waals surface area contributed by atoms with E-state index in [2.05, 4.69) is 10.6 Å². The fraction of sp³-hybridized carbons (Fsp3) is 0. The van der Waals surface area contributed by atoms with Crippen LogP contribution in [-0.2, 0) is 0 Å². The topological polar surface area (TPSA) is 47.9 Å². The summed E-state index contributed by atoms with van der Waals surface area (Å²) in [5.74, 6) is 0.219. The van der Waals surface area contributed by atoms with Gasteiger partial charge < -0.3 is 5.11 Å². The van der Waals surface area contributed by atoms with Crippen LogP contribution in [0.3, 0.4) is 0 Å². The van der Waals surface area contributed by atoms with Gasteiger partial charge in [-0.15, -0.1) is 0 Å². The number of rotatable bonds is 1. The van der Waals surface area contributed by atoms with Crippen molar-refractivity contribution in [1.29, 1.82) is 0 Å². The quantitative estimate of drug-likeness (QED) is 0.674. The molecule has 0 spiro atoms. The molecule has 0 saturated carbocycles. The number of hydrogen-bond donors (Lipinski definition) is 2. The molecule has 0 radical (unpaired) electrons. The van der Waals surface area contributed by atoms with Crippen LogP contribution in [-0.4, -0.2) is 11.3 Å². The Morgan fingerprint density at radius 1 is 1.31 bits per heavy atom. The van der Waals surface area contributed by atoms with Gasteiger partial charge in [-0.25, -0.2) is 10.5 Å². The molecule has 2 rings (SSSR count). The lowest BCUT2D eigenvalue weighted by atomic mass is 10.3. The van der Waals surface area contributed by atoms with Crippen molar-refractivity contribution in [3.63, 3.8) is 0 Å². The van der Waals surface area contributed by atoms with Crippen LogP contribution in [0.4, 0.5) is 5.69 Å². The normalized spacial score (nSPS) is 14.3. The second-order valence-electron chi connectivity index (χ2n) is 2.58. The molecule has 1 aromatic carbocycles. The van der Waals surface area contributed by atoms with Crippen LogP contribution >= 0.6 is 0 Å². The highest BCUT2D eigenvalue weighted by molar-refractivity contribution is 5.74. The van der Waals surface area contributed by atoms with Crippen molar-refractivity contribution < 1.29 is 5.11 Å². The van der Waals surface area contributed by atoms with Gasteiger partial charge in [0.25, 0.3) is 0 Å². The molecule has 13 heavy (non-hydrogen) atoms. The molecule has 0 aromatic heterocycles. The molecule has 0 unspecified atom stereocenters. The van der Waals surface area contributed by atoms with Crippen molar-refractivity contribution in [3.05, 3.63) is 36.5 Å². The highest BCUT2D eigenvalue weighted by Gasteiger charge is 2.06. The molecule has 4 nitrogen and oxygen atoms in total. The van der Waals surface area contributed by atoms with Crippen molar-refractivity contribution in [2.24, 2.45) is 5.10 Å². The highest BCUT2D eigenvalue weighted by Crippen LogP contribution is 2.25. The zero-order chi connectivity index (χ0) is 9.10. The van der Waals surface area contributed by atoms with Gasteiger partial charge >= 0.3 is 0 Å². The summed E-state index contributed by atoms with van der Waals surface area (Å²) in [6.45, 7) is 0. The van der Waals surface area contributed by atoms with Gasteiger partial charge in [0.1, 0.15) is 11.4 Å². The maximum atomic E-state index is 9.50. The SMILES string of the molecule is Oc1ccccc1N1C=CC=NN1. The number of allylic oxidation sites excluding steroid dienone is 1. The van der Waals surface area contributed by atoms with Crippen LogP contribution in [0.1, 0.15) is 0 Å². The minimum Gasteiger partial charge on any atom is -0.506 e. The van der Waals surface area contributed by atoms with Gasteiger partial charge in [0.2, 0.25) is 0 Å². The molecule has 1 aliphatic rings. The molecule has 1 heterocycles. The summed E-state index contributed by atoms with van der Waals surface area (Å²) in [6.07, 6.45) is 5.20. The lowest BCUT2D eigenvalue weighted by Gasteiger charge is -2.21. The number of hydrogen-bond acceptors (Lipinski definition) is 4. The first-order valence-corrected chi connectivity index (χ1v) is 3.90. The lowest BCUT2D eigenvalue weighted by Crippen LogP contribution is -2.30. The molecular weight excluding hydrogens is 166 g/mol. The van der Waals surface area contributed by atoms with E-state index < -0.39 is 0 Å². The summed E-state index contributed by atoms with van der Waals surface area (Å²) < 4.78 is 0. The number of phenolic OH excluding ortho intramolecular Hbond substituents is 1. The molecule has 0 bridgehead atoms. The Balaban J connectivity index is 2.30. The predicted octanol–water partition coefficient (Wildman–Crippen LogP) is 1.22. The summed E-state index contributed by atoms with van der Waals surface area (Å²) in [5, 5.41) is 15.0. The van der Waals surface area contributed by atoms with Crippen molar-refractivity contribution in [2.45, 2.75) is 0 Å². The molecule has 0 fully saturated rings. The average molecular weight is 175 g/mol. The highest BCUT2D eigenvalue weighted by atomic mass is 16.3. The number of nitrogens with one attached hydrogen (secondary N) is 1. The maximum absolute atomic E-state index is 9.50. The lowest BCUT2D eigenvalue weighted by molar-refractivity contribution is 0.473. The molecule has 0 saturated heterocycles. The van der Waals surface area contributed by atoms with Crippen molar-refractivity contribution in [1.82, 2.24) is 5.53 Å². The largest absolute Gasteiger partial charge is 0.506 e. The van der Waals surface area contributed by atoms with Crippen LogP contribution in [0.15, 0.2) is 41.6 Å². The standard InChI is InChI=1S/C9H9N3O/c13-9-5-2-1-4-8(9)12-7-3-6-10-11-12/h1-7,11,13H. The first kappa shape index (κ1) is 7.67. The van der Waals surface area contributed by atoms with Crippen LogP contribution in [0.5, 0.6) is 5.75 Å². The molecule has 2 N–H and O–H groups in total. The second-order valence-corrected chi connectivity index (χ2v) is 2.58. The van der Waals surface area contributed by atoms with E-state index in [1.165, 1.54) is 0 Å². The third kappa shape index (κ3) is 1.46. The fourth-order valence-electron chi connectivity index (χ4n) is 1.10. The summed E-state index contributed by atoms with van der Waals surface area (Å²) >= 11 is 0. The van der Waals surface area contributed by atoms with Crippen LogP contribution in [0.25, 0.3) is 0 Å². The molecular formula is C9H9N3O. The Bertz CT molecular complexity index is 360. The van der Waals surface area contributed by atoms with Gasteiger partial charge in [0, 0.05) is 6.20 Å². The number of benzene rings is 1. The smallest absolute Gasteiger partial charge is 0.141 e. The van der Waals surface area contributed by atoms with Gasteiger partial charge in [-0.2, -0.15) is 5.10 Å². The van der Waals surface area contributed by atoms with Crippen molar-refractivity contribution >= 4 is 11.9 Å². The molecule has 1 aromatic rings. The van der Waals surface area contributed by atoms with E-state index in [4.69, 9.17) is 0 Å². The fourth-order valence-corrected chi connectivity index (χ4v) is 1.10. The second kappa shape index (κ2) is 3.18. The summed E-state index contributed by atoms with van der Waals surface area (Å²) in [5.41, 5.74) is 3.41. The Kier molecular flexibility index (Phi) is 1.88. The van der Waals surface area contributed by atoms with E-state index in [0.717, 1.165) is 0 Å². The summed E-state index contributed by atoms with van der Waals surface area (Å²) in [6, 6.07) is 7.05. The molecule has 0 amide bonds.